The number of carbonyl (C=O) groups excluding carboxylic acids is 1. The highest BCUT2D eigenvalue weighted by Crippen LogP contribution is 2.22. The van der Waals surface area contributed by atoms with Gasteiger partial charge in [0.15, 0.2) is 0 Å². The molecule has 1 N–H and O–H groups in total. The molecule has 1 aliphatic rings. The molecule has 0 spiro atoms. The van der Waals surface area contributed by atoms with Crippen LogP contribution >= 0.6 is 0 Å². The van der Waals surface area contributed by atoms with Crippen molar-refractivity contribution in [3.05, 3.63) is 35.9 Å². The Morgan fingerprint density at radius 2 is 1.86 bits per heavy atom. The van der Waals surface area contributed by atoms with E-state index in [1.165, 1.54) is 37.7 Å². The van der Waals surface area contributed by atoms with Crippen molar-refractivity contribution in [1.29, 1.82) is 0 Å². The fourth-order valence-electron chi connectivity index (χ4n) is 3.13. The first-order valence-electron chi connectivity index (χ1n) is 8.70. The topological polar surface area (TPSA) is 32.3 Å². The van der Waals surface area contributed by atoms with E-state index < -0.39 is 0 Å². The summed E-state index contributed by atoms with van der Waals surface area (Å²) in [4.78, 5) is 14.5. The number of amides is 1. The van der Waals surface area contributed by atoms with Crippen molar-refractivity contribution in [2.75, 3.05) is 13.1 Å². The molecule has 122 valence electrons. The van der Waals surface area contributed by atoms with E-state index in [0.29, 0.717) is 18.5 Å². The van der Waals surface area contributed by atoms with E-state index in [1.807, 2.05) is 6.07 Å². The van der Waals surface area contributed by atoms with Gasteiger partial charge in [-0.1, -0.05) is 49.6 Å². The Labute approximate surface area is 135 Å². The summed E-state index contributed by atoms with van der Waals surface area (Å²) in [5.41, 5.74) is 1.26. The van der Waals surface area contributed by atoms with Crippen LogP contribution in [0.25, 0.3) is 0 Å². The fraction of sp³-hybridized carbons (Fsp3) is 0.632. The maximum Gasteiger partial charge on any atom is 0.234 e. The van der Waals surface area contributed by atoms with E-state index in [-0.39, 0.29) is 5.91 Å². The monoisotopic (exact) mass is 302 g/mol. The number of nitrogens with zero attached hydrogens (tertiary/aromatic N) is 1. The molecule has 2 rings (SSSR count). The first-order valence-corrected chi connectivity index (χ1v) is 8.70. The van der Waals surface area contributed by atoms with Crippen LogP contribution in [0.4, 0.5) is 0 Å². The molecular weight excluding hydrogens is 272 g/mol. The highest BCUT2D eigenvalue weighted by atomic mass is 16.2. The average molecular weight is 302 g/mol. The Balaban J connectivity index is 1.78. The highest BCUT2D eigenvalue weighted by molar-refractivity contribution is 5.78. The minimum atomic E-state index is 0.162. The van der Waals surface area contributed by atoms with Gasteiger partial charge in [-0.05, 0) is 38.2 Å². The van der Waals surface area contributed by atoms with Crippen LogP contribution in [0.3, 0.4) is 0 Å². The molecule has 0 aromatic heterocycles. The molecule has 1 amide bonds. The van der Waals surface area contributed by atoms with Crippen molar-refractivity contribution in [2.24, 2.45) is 5.92 Å². The lowest BCUT2D eigenvalue weighted by atomic mass is 9.89. The molecule has 0 saturated heterocycles. The molecule has 0 atom stereocenters. The minimum absolute atomic E-state index is 0.162. The Kier molecular flexibility index (Phi) is 6.91. The van der Waals surface area contributed by atoms with Crippen molar-refractivity contribution in [3.8, 4) is 0 Å². The molecule has 0 aliphatic heterocycles. The number of rotatable bonds is 7. The SMILES string of the molecule is CC(C)N(CC(=O)NCC1CCCCC1)Cc1ccccc1. The maximum absolute atomic E-state index is 12.2. The first kappa shape index (κ1) is 17.0. The number of hydrogen-bond acceptors (Lipinski definition) is 2. The third-order valence-corrected chi connectivity index (χ3v) is 4.62. The predicted molar refractivity (Wildman–Crippen MR) is 91.6 cm³/mol. The van der Waals surface area contributed by atoms with Crippen molar-refractivity contribution in [2.45, 2.75) is 58.5 Å². The Bertz CT molecular complexity index is 438. The molecule has 1 aromatic rings. The summed E-state index contributed by atoms with van der Waals surface area (Å²) >= 11 is 0. The second kappa shape index (κ2) is 8.94. The van der Waals surface area contributed by atoms with Crippen LogP contribution in [-0.2, 0) is 11.3 Å². The summed E-state index contributed by atoms with van der Waals surface area (Å²) in [5, 5.41) is 3.14. The van der Waals surface area contributed by atoms with Crippen LogP contribution in [0.2, 0.25) is 0 Å². The van der Waals surface area contributed by atoms with Crippen molar-refractivity contribution >= 4 is 5.91 Å². The van der Waals surface area contributed by atoms with Gasteiger partial charge in [-0.15, -0.1) is 0 Å². The van der Waals surface area contributed by atoms with E-state index in [0.717, 1.165) is 13.1 Å². The van der Waals surface area contributed by atoms with Gasteiger partial charge in [0, 0.05) is 19.1 Å². The van der Waals surface area contributed by atoms with Gasteiger partial charge in [0.1, 0.15) is 0 Å². The second-order valence-electron chi connectivity index (χ2n) is 6.79. The van der Waals surface area contributed by atoms with Crippen LogP contribution in [0.1, 0.15) is 51.5 Å². The fourth-order valence-corrected chi connectivity index (χ4v) is 3.13. The Hall–Kier alpha value is -1.35. The predicted octanol–water partition coefficient (Wildman–Crippen LogP) is 3.59. The molecule has 0 unspecified atom stereocenters. The van der Waals surface area contributed by atoms with Gasteiger partial charge >= 0.3 is 0 Å². The van der Waals surface area contributed by atoms with Gasteiger partial charge in [0.05, 0.1) is 6.54 Å². The first-order chi connectivity index (χ1) is 10.6. The smallest absolute Gasteiger partial charge is 0.234 e. The van der Waals surface area contributed by atoms with Crippen LogP contribution in [-0.4, -0.2) is 29.9 Å². The van der Waals surface area contributed by atoms with Crippen molar-refractivity contribution < 1.29 is 4.79 Å². The zero-order valence-corrected chi connectivity index (χ0v) is 14.1. The summed E-state index contributed by atoms with van der Waals surface area (Å²) < 4.78 is 0. The van der Waals surface area contributed by atoms with Gasteiger partial charge in [-0.3, -0.25) is 9.69 Å². The molecule has 3 nitrogen and oxygen atoms in total. The molecule has 3 heteroatoms. The molecule has 0 bridgehead atoms. The number of nitrogens with one attached hydrogen (secondary N) is 1. The molecule has 0 radical (unpaired) electrons. The number of benzene rings is 1. The quantitative estimate of drug-likeness (QED) is 0.835. The third-order valence-electron chi connectivity index (χ3n) is 4.62. The van der Waals surface area contributed by atoms with E-state index >= 15 is 0 Å². The average Bonchev–Trinajstić information content (AvgIpc) is 2.54. The van der Waals surface area contributed by atoms with Crippen LogP contribution in [0.15, 0.2) is 30.3 Å². The van der Waals surface area contributed by atoms with Crippen molar-refractivity contribution in [1.82, 2.24) is 10.2 Å². The Morgan fingerprint density at radius 1 is 1.18 bits per heavy atom. The molecule has 0 heterocycles. The summed E-state index contributed by atoms with van der Waals surface area (Å²) in [6, 6.07) is 10.7. The van der Waals surface area contributed by atoms with Crippen LogP contribution in [0, 0.1) is 5.92 Å². The standard InChI is InChI=1S/C19H30N2O/c1-16(2)21(14-18-11-7-4-8-12-18)15-19(22)20-13-17-9-5-3-6-10-17/h4,7-8,11-12,16-17H,3,5-6,9-10,13-15H2,1-2H3,(H,20,22). The molecule has 1 aromatic carbocycles. The van der Waals surface area contributed by atoms with Gasteiger partial charge in [0.25, 0.3) is 0 Å². The summed E-state index contributed by atoms with van der Waals surface area (Å²) in [5.74, 6) is 0.856. The highest BCUT2D eigenvalue weighted by Gasteiger charge is 2.17. The van der Waals surface area contributed by atoms with Crippen LogP contribution < -0.4 is 5.32 Å². The lowest BCUT2D eigenvalue weighted by Crippen LogP contribution is -2.41. The molecule has 1 saturated carbocycles. The van der Waals surface area contributed by atoms with Gasteiger partial charge in [0.2, 0.25) is 5.91 Å². The lowest BCUT2D eigenvalue weighted by molar-refractivity contribution is -0.123. The minimum Gasteiger partial charge on any atom is -0.355 e. The molecular formula is C19H30N2O. The lowest BCUT2D eigenvalue weighted by Gasteiger charge is -2.27. The van der Waals surface area contributed by atoms with E-state index in [4.69, 9.17) is 0 Å². The summed E-state index contributed by atoms with van der Waals surface area (Å²) in [7, 11) is 0. The van der Waals surface area contributed by atoms with Crippen LogP contribution in [0.5, 0.6) is 0 Å². The van der Waals surface area contributed by atoms with Crippen molar-refractivity contribution in [3.63, 3.8) is 0 Å². The van der Waals surface area contributed by atoms with Gasteiger partial charge in [-0.2, -0.15) is 0 Å². The number of carbonyl (C=O) groups is 1. The molecule has 1 aliphatic carbocycles. The summed E-state index contributed by atoms with van der Waals surface area (Å²) in [6.07, 6.45) is 6.57. The third kappa shape index (κ3) is 5.80. The zero-order chi connectivity index (χ0) is 15.8. The van der Waals surface area contributed by atoms with Gasteiger partial charge < -0.3 is 5.32 Å². The van der Waals surface area contributed by atoms with E-state index in [1.54, 1.807) is 0 Å². The van der Waals surface area contributed by atoms with E-state index in [2.05, 4.69) is 48.3 Å². The van der Waals surface area contributed by atoms with E-state index in [9.17, 15) is 4.79 Å². The van der Waals surface area contributed by atoms with Gasteiger partial charge in [-0.25, -0.2) is 0 Å². The zero-order valence-electron chi connectivity index (χ0n) is 14.1. The maximum atomic E-state index is 12.2. The largest absolute Gasteiger partial charge is 0.355 e. The summed E-state index contributed by atoms with van der Waals surface area (Å²) in [6.45, 7) is 6.47. The number of hydrogen-bond donors (Lipinski definition) is 1. The molecule has 1 fully saturated rings. The normalized spacial score (nSPS) is 16.2. The second-order valence-corrected chi connectivity index (χ2v) is 6.79. The Morgan fingerprint density at radius 3 is 2.50 bits per heavy atom. The molecule has 22 heavy (non-hydrogen) atoms.